The summed E-state index contributed by atoms with van der Waals surface area (Å²) in [6.07, 6.45) is -0.387. The molecule has 0 atom stereocenters. The summed E-state index contributed by atoms with van der Waals surface area (Å²) in [6.45, 7) is 0. The fraction of sp³-hybridized carbons (Fsp3) is 0.176. The van der Waals surface area contributed by atoms with Crippen molar-refractivity contribution in [2.45, 2.75) is 6.42 Å². The second kappa shape index (κ2) is 6.83. The van der Waals surface area contributed by atoms with Gasteiger partial charge in [0.1, 0.15) is 23.0 Å². The van der Waals surface area contributed by atoms with Crippen molar-refractivity contribution in [2.75, 3.05) is 14.2 Å². The van der Waals surface area contributed by atoms with Crippen molar-refractivity contribution in [3.05, 3.63) is 47.5 Å². The van der Waals surface area contributed by atoms with Gasteiger partial charge in [-0.3, -0.25) is 9.59 Å². The van der Waals surface area contributed by atoms with Gasteiger partial charge in [-0.1, -0.05) is 0 Å². The average molecular weight is 316 g/mol. The third-order valence-electron chi connectivity index (χ3n) is 3.29. The predicted molar refractivity (Wildman–Crippen MR) is 82.6 cm³/mol. The second-order valence-electron chi connectivity index (χ2n) is 4.79. The van der Waals surface area contributed by atoms with E-state index < -0.39 is 11.6 Å². The van der Waals surface area contributed by atoms with E-state index in [1.54, 1.807) is 0 Å². The summed E-state index contributed by atoms with van der Waals surface area (Å²) in [6, 6.07) is 8.11. The lowest BCUT2D eigenvalue weighted by atomic mass is 10.00. The van der Waals surface area contributed by atoms with E-state index >= 15 is 0 Å². The van der Waals surface area contributed by atoms with Gasteiger partial charge in [0.05, 0.1) is 31.8 Å². The molecule has 120 valence electrons. The molecule has 6 heteroatoms. The molecule has 0 saturated carbocycles. The quantitative estimate of drug-likeness (QED) is 0.628. The Labute approximate surface area is 132 Å². The molecule has 0 saturated heterocycles. The molecule has 2 aromatic rings. The van der Waals surface area contributed by atoms with Crippen LogP contribution < -0.4 is 9.47 Å². The summed E-state index contributed by atoms with van der Waals surface area (Å²) in [7, 11) is 2.74. The van der Waals surface area contributed by atoms with E-state index in [1.807, 2.05) is 0 Å². The highest BCUT2D eigenvalue weighted by Gasteiger charge is 2.20. The molecule has 0 unspecified atom stereocenters. The Hall–Kier alpha value is -3.02. The molecule has 0 radical (unpaired) electrons. The van der Waals surface area contributed by atoms with Crippen LogP contribution >= 0.6 is 0 Å². The normalized spacial score (nSPS) is 10.2. The first-order valence-corrected chi connectivity index (χ1v) is 6.76. The van der Waals surface area contributed by atoms with Crippen LogP contribution in [0.4, 0.5) is 0 Å². The summed E-state index contributed by atoms with van der Waals surface area (Å²) in [5, 5.41) is 18.8. The first kappa shape index (κ1) is 16.4. The Bertz CT molecular complexity index is 687. The molecule has 0 amide bonds. The molecule has 0 aromatic heterocycles. The number of methoxy groups -OCH3 is 2. The van der Waals surface area contributed by atoms with Crippen LogP contribution in [0.5, 0.6) is 23.0 Å². The van der Waals surface area contributed by atoms with Crippen molar-refractivity contribution < 1.29 is 29.3 Å². The number of phenolic OH excluding ortho intramolecular Hbond substituents is 2. The first-order valence-electron chi connectivity index (χ1n) is 6.76. The maximum Gasteiger partial charge on any atom is 0.174 e. The van der Waals surface area contributed by atoms with Gasteiger partial charge in [-0.15, -0.1) is 0 Å². The summed E-state index contributed by atoms with van der Waals surface area (Å²) in [5.74, 6) is -0.570. The minimum absolute atomic E-state index is 0.0371. The van der Waals surface area contributed by atoms with Crippen LogP contribution in [0.25, 0.3) is 0 Å². The number of hydrogen-bond acceptors (Lipinski definition) is 6. The van der Waals surface area contributed by atoms with E-state index in [9.17, 15) is 19.8 Å². The third-order valence-corrected chi connectivity index (χ3v) is 3.29. The Morgan fingerprint density at radius 1 is 0.826 bits per heavy atom. The number of aromatic hydroxyl groups is 2. The van der Waals surface area contributed by atoms with Gasteiger partial charge in [-0.2, -0.15) is 0 Å². The lowest BCUT2D eigenvalue weighted by Gasteiger charge is -2.10. The van der Waals surface area contributed by atoms with Crippen LogP contribution in [0.1, 0.15) is 27.1 Å². The highest BCUT2D eigenvalue weighted by atomic mass is 16.5. The van der Waals surface area contributed by atoms with Gasteiger partial charge in [0.15, 0.2) is 11.6 Å². The maximum atomic E-state index is 12.3. The molecule has 0 spiro atoms. The molecule has 0 fully saturated rings. The molecular formula is C17H16O6. The van der Waals surface area contributed by atoms with Gasteiger partial charge >= 0.3 is 0 Å². The van der Waals surface area contributed by atoms with Gasteiger partial charge in [-0.05, 0) is 24.3 Å². The zero-order valence-electron chi connectivity index (χ0n) is 12.7. The van der Waals surface area contributed by atoms with Crippen molar-refractivity contribution >= 4 is 11.6 Å². The number of hydrogen-bond donors (Lipinski definition) is 2. The summed E-state index contributed by atoms with van der Waals surface area (Å²) in [4.78, 5) is 24.6. The van der Waals surface area contributed by atoms with E-state index in [2.05, 4.69) is 0 Å². The van der Waals surface area contributed by atoms with Gasteiger partial charge in [0.25, 0.3) is 0 Å². The lowest BCUT2D eigenvalue weighted by molar-refractivity contribution is 0.0891. The number of carbonyl (C=O) groups is 2. The van der Waals surface area contributed by atoms with E-state index in [0.29, 0.717) is 0 Å². The minimum Gasteiger partial charge on any atom is -0.508 e. The van der Waals surface area contributed by atoms with E-state index in [0.717, 1.165) is 0 Å². The van der Waals surface area contributed by atoms with Crippen LogP contribution in [0.3, 0.4) is 0 Å². The smallest absolute Gasteiger partial charge is 0.174 e. The van der Waals surface area contributed by atoms with Crippen molar-refractivity contribution in [1.82, 2.24) is 0 Å². The molecule has 0 aliphatic carbocycles. The van der Waals surface area contributed by atoms with Gasteiger partial charge in [-0.25, -0.2) is 0 Å². The number of phenols is 2. The predicted octanol–water partition coefficient (Wildman–Crippen LogP) is 2.57. The SMILES string of the molecule is COc1cc(O)ccc1C(=O)CC(=O)c1ccc(O)cc1OC. The fourth-order valence-electron chi connectivity index (χ4n) is 2.16. The summed E-state index contributed by atoms with van der Waals surface area (Å²) in [5.41, 5.74) is 0.410. The molecule has 0 bridgehead atoms. The largest absolute Gasteiger partial charge is 0.508 e. The Kier molecular flexibility index (Phi) is 4.85. The van der Waals surface area contributed by atoms with Crippen molar-refractivity contribution in [2.24, 2.45) is 0 Å². The van der Waals surface area contributed by atoms with Crippen molar-refractivity contribution in [1.29, 1.82) is 0 Å². The number of ether oxygens (including phenoxy) is 2. The molecular weight excluding hydrogens is 300 g/mol. The van der Waals surface area contributed by atoms with Crippen molar-refractivity contribution in [3.63, 3.8) is 0 Å². The van der Waals surface area contributed by atoms with Crippen molar-refractivity contribution in [3.8, 4) is 23.0 Å². The van der Waals surface area contributed by atoms with Crippen LogP contribution in [-0.2, 0) is 0 Å². The van der Waals surface area contributed by atoms with Gasteiger partial charge in [0, 0.05) is 12.1 Å². The highest BCUT2D eigenvalue weighted by Crippen LogP contribution is 2.28. The fourth-order valence-corrected chi connectivity index (χ4v) is 2.16. The Morgan fingerprint density at radius 3 is 1.57 bits per heavy atom. The maximum absolute atomic E-state index is 12.3. The van der Waals surface area contributed by atoms with Crippen LogP contribution in [-0.4, -0.2) is 36.0 Å². The first-order chi connectivity index (χ1) is 11.0. The molecule has 2 N–H and O–H groups in total. The second-order valence-corrected chi connectivity index (χ2v) is 4.79. The number of benzene rings is 2. The molecule has 0 aliphatic rings. The summed E-state index contributed by atoms with van der Waals surface area (Å²) >= 11 is 0. The van der Waals surface area contributed by atoms with Gasteiger partial charge in [0.2, 0.25) is 0 Å². The van der Waals surface area contributed by atoms with E-state index in [1.165, 1.54) is 50.6 Å². The molecule has 6 nitrogen and oxygen atoms in total. The molecule has 23 heavy (non-hydrogen) atoms. The van der Waals surface area contributed by atoms with Gasteiger partial charge < -0.3 is 19.7 Å². The van der Waals surface area contributed by atoms with Crippen LogP contribution in [0, 0.1) is 0 Å². The lowest BCUT2D eigenvalue weighted by Crippen LogP contribution is -2.10. The highest BCUT2D eigenvalue weighted by molar-refractivity contribution is 6.15. The monoisotopic (exact) mass is 316 g/mol. The molecule has 0 heterocycles. The Balaban J connectivity index is 2.25. The number of ketones is 2. The third kappa shape index (κ3) is 3.60. The number of rotatable bonds is 6. The Morgan fingerprint density at radius 2 is 1.22 bits per heavy atom. The van der Waals surface area contributed by atoms with E-state index in [-0.39, 0.29) is 40.5 Å². The zero-order valence-corrected chi connectivity index (χ0v) is 12.7. The zero-order chi connectivity index (χ0) is 17.0. The minimum atomic E-state index is -0.443. The topological polar surface area (TPSA) is 93.1 Å². The van der Waals surface area contributed by atoms with Crippen LogP contribution in [0.15, 0.2) is 36.4 Å². The number of carbonyl (C=O) groups excluding carboxylic acids is 2. The molecule has 2 rings (SSSR count). The molecule has 0 aliphatic heterocycles. The van der Waals surface area contributed by atoms with Crippen LogP contribution in [0.2, 0.25) is 0 Å². The summed E-state index contributed by atoms with van der Waals surface area (Å²) < 4.78 is 10.1. The molecule has 2 aromatic carbocycles. The number of Topliss-reactive ketones (excluding diaryl/α,β-unsaturated/α-hetero) is 2. The standard InChI is InChI=1S/C17H16O6/c1-22-16-7-10(18)3-5-12(16)14(20)9-15(21)13-6-4-11(19)8-17(13)23-2/h3-8,18-19H,9H2,1-2H3. The van der Waals surface area contributed by atoms with E-state index in [4.69, 9.17) is 9.47 Å². The average Bonchev–Trinajstić information content (AvgIpc) is 2.54.